The molecule has 0 fully saturated rings. The molecule has 0 aliphatic heterocycles. The van der Waals surface area contributed by atoms with Gasteiger partial charge in [0.15, 0.2) is 11.5 Å². The van der Waals surface area contributed by atoms with E-state index in [4.69, 9.17) is 11.6 Å². The number of hydrogen-bond donors (Lipinski definition) is 0. The van der Waals surface area contributed by atoms with Crippen LogP contribution in [0, 0.1) is 0 Å². The normalized spacial score (nSPS) is 11.4. The van der Waals surface area contributed by atoms with Gasteiger partial charge in [-0.05, 0) is 12.1 Å². The van der Waals surface area contributed by atoms with Crippen LogP contribution in [0.25, 0.3) is 22.4 Å². The van der Waals surface area contributed by atoms with Gasteiger partial charge < -0.3 is 0 Å². The summed E-state index contributed by atoms with van der Waals surface area (Å²) in [6, 6.07) is 7.23. The van der Waals surface area contributed by atoms with Crippen LogP contribution in [0.2, 0.25) is 5.02 Å². The largest absolute Gasteiger partial charge is 0.332 e. The first-order chi connectivity index (χ1) is 11.8. The summed E-state index contributed by atoms with van der Waals surface area (Å²) in [5.74, 6) is 0.393. The SMILES string of the molecule is CC(C)Sc1nc(-c2ccccc2Cl)nc2c1c(=O)n(C)c(=O)n2C. The van der Waals surface area contributed by atoms with E-state index in [1.807, 2.05) is 32.0 Å². The molecule has 0 atom stereocenters. The molecule has 0 spiro atoms. The van der Waals surface area contributed by atoms with Gasteiger partial charge in [-0.1, -0.05) is 37.6 Å². The molecule has 8 heteroatoms. The summed E-state index contributed by atoms with van der Waals surface area (Å²) >= 11 is 7.73. The first kappa shape index (κ1) is 17.7. The Morgan fingerprint density at radius 1 is 1.08 bits per heavy atom. The van der Waals surface area contributed by atoms with Crippen molar-refractivity contribution in [3.63, 3.8) is 0 Å². The summed E-state index contributed by atoms with van der Waals surface area (Å²) < 4.78 is 2.44. The predicted octanol–water partition coefficient (Wildman–Crippen LogP) is 2.85. The Morgan fingerprint density at radius 3 is 2.40 bits per heavy atom. The van der Waals surface area contributed by atoms with Crippen LogP contribution in [0.5, 0.6) is 0 Å². The van der Waals surface area contributed by atoms with Gasteiger partial charge in [-0.3, -0.25) is 13.9 Å². The van der Waals surface area contributed by atoms with Gasteiger partial charge in [0.2, 0.25) is 0 Å². The lowest BCUT2D eigenvalue weighted by Crippen LogP contribution is -2.37. The van der Waals surface area contributed by atoms with E-state index >= 15 is 0 Å². The highest BCUT2D eigenvalue weighted by Gasteiger charge is 2.19. The fourth-order valence-electron chi connectivity index (χ4n) is 2.50. The molecule has 3 aromatic rings. The maximum absolute atomic E-state index is 12.6. The van der Waals surface area contributed by atoms with Crippen LogP contribution in [0.15, 0.2) is 38.9 Å². The summed E-state index contributed by atoms with van der Waals surface area (Å²) in [5, 5.41) is 1.61. The number of fused-ring (bicyclic) bond motifs is 1. The minimum atomic E-state index is -0.429. The maximum Gasteiger partial charge on any atom is 0.332 e. The molecular weight excluding hydrogens is 360 g/mol. The number of thioether (sulfide) groups is 1. The molecule has 0 N–H and O–H groups in total. The summed E-state index contributed by atoms with van der Waals surface area (Å²) in [6.45, 7) is 4.03. The lowest BCUT2D eigenvalue weighted by molar-refractivity contribution is 0.703. The second kappa shape index (κ2) is 6.65. The van der Waals surface area contributed by atoms with Crippen LogP contribution < -0.4 is 11.2 Å². The Kier molecular flexibility index (Phi) is 4.71. The monoisotopic (exact) mass is 376 g/mol. The number of hydrogen-bond acceptors (Lipinski definition) is 5. The summed E-state index contributed by atoms with van der Waals surface area (Å²) in [5.41, 5.74) is 0.139. The molecule has 0 radical (unpaired) electrons. The van der Waals surface area contributed by atoms with Crippen molar-refractivity contribution >= 4 is 34.4 Å². The van der Waals surface area contributed by atoms with E-state index < -0.39 is 11.2 Å². The topological polar surface area (TPSA) is 69.8 Å². The molecule has 0 saturated heterocycles. The van der Waals surface area contributed by atoms with Crippen LogP contribution in [0.4, 0.5) is 0 Å². The Labute approximate surface area is 153 Å². The molecule has 2 aromatic heterocycles. The molecule has 25 heavy (non-hydrogen) atoms. The van der Waals surface area contributed by atoms with E-state index in [-0.39, 0.29) is 5.25 Å². The van der Waals surface area contributed by atoms with Crippen LogP contribution >= 0.6 is 23.4 Å². The standard InChI is InChI=1S/C17H17ClN4O2S/c1-9(2)25-15-12-14(21(3)17(24)22(4)16(12)23)19-13(20-15)10-7-5-6-8-11(10)18/h5-9H,1-4H3. The van der Waals surface area contributed by atoms with E-state index in [1.54, 1.807) is 13.1 Å². The highest BCUT2D eigenvalue weighted by molar-refractivity contribution is 8.00. The molecule has 0 saturated carbocycles. The van der Waals surface area contributed by atoms with Crippen LogP contribution in [-0.4, -0.2) is 24.4 Å². The van der Waals surface area contributed by atoms with Gasteiger partial charge in [0, 0.05) is 24.9 Å². The van der Waals surface area contributed by atoms with E-state index in [0.29, 0.717) is 32.5 Å². The van der Waals surface area contributed by atoms with Gasteiger partial charge in [-0.25, -0.2) is 14.8 Å². The predicted molar refractivity (Wildman–Crippen MR) is 101 cm³/mol. The maximum atomic E-state index is 12.6. The summed E-state index contributed by atoms with van der Waals surface area (Å²) in [7, 11) is 3.05. The Balaban J connectivity index is 2.46. The molecular formula is C17H17ClN4O2S. The number of aryl methyl sites for hydroxylation is 1. The summed E-state index contributed by atoms with van der Waals surface area (Å²) in [4.78, 5) is 34.0. The van der Waals surface area contributed by atoms with E-state index in [2.05, 4.69) is 9.97 Å². The smallest absolute Gasteiger partial charge is 0.280 e. The lowest BCUT2D eigenvalue weighted by atomic mass is 10.2. The first-order valence-electron chi connectivity index (χ1n) is 7.70. The fourth-order valence-corrected chi connectivity index (χ4v) is 3.60. The minimum Gasteiger partial charge on any atom is -0.280 e. The van der Waals surface area contributed by atoms with Gasteiger partial charge in [-0.2, -0.15) is 0 Å². The van der Waals surface area contributed by atoms with Gasteiger partial charge >= 0.3 is 5.69 Å². The Hall–Kier alpha value is -2.12. The Bertz CT molecular complexity index is 1090. The molecule has 0 amide bonds. The molecule has 0 aliphatic rings. The van der Waals surface area contributed by atoms with Crippen molar-refractivity contribution < 1.29 is 0 Å². The quantitative estimate of drug-likeness (QED) is 0.519. The van der Waals surface area contributed by atoms with E-state index in [0.717, 1.165) is 4.57 Å². The van der Waals surface area contributed by atoms with Gasteiger partial charge in [0.25, 0.3) is 5.56 Å². The molecule has 130 valence electrons. The third-order valence-electron chi connectivity index (χ3n) is 3.73. The molecule has 0 unspecified atom stereocenters. The third-order valence-corrected chi connectivity index (χ3v) is 5.05. The number of nitrogens with zero attached hydrogens (tertiary/aromatic N) is 4. The van der Waals surface area contributed by atoms with E-state index in [9.17, 15) is 9.59 Å². The van der Waals surface area contributed by atoms with Crippen molar-refractivity contribution in [2.45, 2.75) is 24.1 Å². The zero-order valence-corrected chi connectivity index (χ0v) is 15.9. The Morgan fingerprint density at radius 2 is 1.76 bits per heavy atom. The first-order valence-corrected chi connectivity index (χ1v) is 8.96. The fraction of sp³-hybridized carbons (Fsp3) is 0.294. The van der Waals surface area contributed by atoms with Crippen molar-refractivity contribution in [3.8, 4) is 11.4 Å². The number of aromatic nitrogens is 4. The lowest BCUT2D eigenvalue weighted by Gasteiger charge is -2.13. The van der Waals surface area contributed by atoms with Crippen molar-refractivity contribution in [2.75, 3.05) is 0 Å². The molecule has 2 heterocycles. The van der Waals surface area contributed by atoms with Crippen molar-refractivity contribution in [1.29, 1.82) is 0 Å². The number of benzene rings is 1. The summed E-state index contributed by atoms with van der Waals surface area (Å²) in [6.07, 6.45) is 0. The molecule has 6 nitrogen and oxygen atoms in total. The van der Waals surface area contributed by atoms with Crippen LogP contribution in [0.3, 0.4) is 0 Å². The van der Waals surface area contributed by atoms with Crippen LogP contribution in [-0.2, 0) is 14.1 Å². The zero-order chi connectivity index (χ0) is 18.3. The average molecular weight is 377 g/mol. The molecule has 1 aromatic carbocycles. The average Bonchev–Trinajstić information content (AvgIpc) is 2.57. The molecule has 0 aliphatic carbocycles. The molecule has 3 rings (SSSR count). The second-order valence-corrected chi connectivity index (χ2v) is 7.88. The van der Waals surface area contributed by atoms with Crippen molar-refractivity contribution in [2.24, 2.45) is 14.1 Å². The van der Waals surface area contributed by atoms with Crippen LogP contribution in [0.1, 0.15) is 13.8 Å². The highest BCUT2D eigenvalue weighted by Crippen LogP contribution is 2.31. The third kappa shape index (κ3) is 3.09. The van der Waals surface area contributed by atoms with Crippen molar-refractivity contribution in [1.82, 2.24) is 19.1 Å². The zero-order valence-electron chi connectivity index (χ0n) is 14.3. The van der Waals surface area contributed by atoms with Gasteiger partial charge in [0.05, 0.1) is 5.02 Å². The van der Waals surface area contributed by atoms with Gasteiger partial charge in [-0.15, -0.1) is 11.8 Å². The number of rotatable bonds is 3. The van der Waals surface area contributed by atoms with Crippen molar-refractivity contribution in [3.05, 3.63) is 50.1 Å². The highest BCUT2D eigenvalue weighted by atomic mass is 35.5. The second-order valence-electron chi connectivity index (χ2n) is 5.90. The van der Waals surface area contributed by atoms with E-state index in [1.165, 1.54) is 23.4 Å². The molecule has 0 bridgehead atoms. The van der Waals surface area contributed by atoms with Gasteiger partial charge in [0.1, 0.15) is 10.4 Å². The number of halogens is 1. The minimum absolute atomic E-state index is 0.208.